The van der Waals surface area contributed by atoms with E-state index in [1.54, 1.807) is 6.92 Å². The summed E-state index contributed by atoms with van der Waals surface area (Å²) in [6.07, 6.45) is 5.81. The first-order valence-corrected chi connectivity index (χ1v) is 4.71. The van der Waals surface area contributed by atoms with E-state index in [4.69, 9.17) is 0 Å². The Bertz CT molecular complexity index is 91.3. The zero-order valence-corrected chi connectivity index (χ0v) is 7.54. The molecule has 0 atom stereocenters. The van der Waals surface area contributed by atoms with Crippen LogP contribution in [0.4, 0.5) is 0 Å². The Balaban J connectivity index is 2.84. The highest BCUT2D eigenvalue weighted by molar-refractivity contribution is 8.13. The molecule has 0 aromatic rings. The molecular weight excluding hydrogens is 144 g/mol. The lowest BCUT2D eigenvalue weighted by Crippen LogP contribution is -1.86. The molecule has 10 heavy (non-hydrogen) atoms. The van der Waals surface area contributed by atoms with Crippen molar-refractivity contribution < 1.29 is 4.79 Å². The number of unbranched alkanes of at least 4 members (excludes halogenated alkanes) is 3. The highest BCUT2D eigenvalue weighted by atomic mass is 32.2. The van der Waals surface area contributed by atoms with Gasteiger partial charge in [0.2, 0.25) is 0 Å². The van der Waals surface area contributed by atoms with Crippen LogP contribution in [0.3, 0.4) is 0 Å². The highest BCUT2D eigenvalue weighted by Gasteiger charge is 1.92. The van der Waals surface area contributed by atoms with Crippen molar-refractivity contribution in [3.8, 4) is 0 Å². The molecule has 0 saturated carbocycles. The maximum atomic E-state index is 10.4. The van der Waals surface area contributed by atoms with E-state index in [0.717, 1.165) is 12.2 Å². The summed E-state index contributed by atoms with van der Waals surface area (Å²) in [6.45, 7) is 3.78. The second-order valence-corrected chi connectivity index (χ2v) is 3.43. The third-order valence-corrected chi connectivity index (χ3v) is 1.98. The van der Waals surface area contributed by atoms with E-state index in [9.17, 15) is 4.79 Å². The number of carbonyl (C=O) groups is 1. The summed E-state index contributed by atoms with van der Waals surface area (Å²) in [4.78, 5) is 10.4. The van der Waals surface area contributed by atoms with Crippen molar-refractivity contribution in [2.45, 2.75) is 33.1 Å². The number of rotatable bonds is 5. The number of hydrogen-bond donors (Lipinski definition) is 0. The molecule has 0 aromatic carbocycles. The first kappa shape index (κ1) is 10.0. The van der Waals surface area contributed by atoms with Gasteiger partial charge in [-0.1, -0.05) is 31.5 Å². The van der Waals surface area contributed by atoms with Gasteiger partial charge >= 0.3 is 0 Å². The van der Waals surface area contributed by atoms with Crippen molar-refractivity contribution in [1.29, 1.82) is 0 Å². The van der Waals surface area contributed by atoms with Gasteiger partial charge in [-0.15, -0.1) is 0 Å². The van der Waals surface area contributed by atoms with Crippen LogP contribution in [-0.2, 0) is 4.79 Å². The maximum Gasteiger partial charge on any atom is 0.185 e. The van der Waals surface area contributed by atoms with Crippen LogP contribution in [0, 0.1) is 6.42 Å². The molecule has 0 aliphatic heterocycles. The zero-order valence-electron chi connectivity index (χ0n) is 6.72. The van der Waals surface area contributed by atoms with Gasteiger partial charge < -0.3 is 0 Å². The van der Waals surface area contributed by atoms with Gasteiger partial charge in [0.15, 0.2) is 5.12 Å². The van der Waals surface area contributed by atoms with Crippen molar-refractivity contribution >= 4 is 16.9 Å². The van der Waals surface area contributed by atoms with Gasteiger partial charge in [0, 0.05) is 12.7 Å². The third kappa shape index (κ3) is 8.02. The number of hydrogen-bond acceptors (Lipinski definition) is 2. The second kappa shape index (κ2) is 7.13. The van der Waals surface area contributed by atoms with Crippen LogP contribution in [0.5, 0.6) is 0 Å². The fourth-order valence-electron chi connectivity index (χ4n) is 0.608. The fraction of sp³-hybridized carbons (Fsp3) is 0.750. The predicted molar refractivity (Wildman–Crippen MR) is 47.0 cm³/mol. The van der Waals surface area contributed by atoms with Gasteiger partial charge in [0.05, 0.1) is 0 Å². The highest BCUT2D eigenvalue weighted by Crippen LogP contribution is 2.06. The molecule has 0 aliphatic carbocycles. The molecule has 0 N–H and O–H groups in total. The summed E-state index contributed by atoms with van der Waals surface area (Å²) in [5, 5.41) is 0.216. The van der Waals surface area contributed by atoms with Gasteiger partial charge in [-0.2, -0.15) is 0 Å². The Morgan fingerprint density at radius 1 is 1.60 bits per heavy atom. The number of carbonyl (C=O) groups excluding carboxylic acids is 1. The molecule has 1 radical (unpaired) electrons. The summed E-state index contributed by atoms with van der Waals surface area (Å²) in [7, 11) is 0. The molecule has 0 spiro atoms. The van der Waals surface area contributed by atoms with Crippen molar-refractivity contribution in [3.05, 3.63) is 6.42 Å². The van der Waals surface area contributed by atoms with Gasteiger partial charge in [-0.3, -0.25) is 4.79 Å². The van der Waals surface area contributed by atoms with Crippen LogP contribution in [0.1, 0.15) is 33.1 Å². The first-order chi connectivity index (χ1) is 4.77. The van der Waals surface area contributed by atoms with E-state index in [1.165, 1.54) is 24.6 Å². The Morgan fingerprint density at radius 2 is 2.30 bits per heavy atom. The average Bonchev–Trinajstić information content (AvgIpc) is 1.87. The van der Waals surface area contributed by atoms with E-state index in [2.05, 4.69) is 13.3 Å². The van der Waals surface area contributed by atoms with Crippen LogP contribution in [0.15, 0.2) is 0 Å². The summed E-state index contributed by atoms with van der Waals surface area (Å²) >= 11 is 1.39. The van der Waals surface area contributed by atoms with Crippen LogP contribution in [-0.4, -0.2) is 10.9 Å². The molecule has 0 bridgehead atoms. The molecule has 0 amide bonds. The van der Waals surface area contributed by atoms with E-state index in [1.807, 2.05) is 0 Å². The Hall–Kier alpha value is 0.0200. The van der Waals surface area contributed by atoms with Crippen molar-refractivity contribution in [2.24, 2.45) is 0 Å². The summed E-state index contributed by atoms with van der Waals surface area (Å²) in [5.74, 6) is 0.884. The molecule has 0 heterocycles. The van der Waals surface area contributed by atoms with E-state index in [0.29, 0.717) is 0 Å². The largest absolute Gasteiger partial charge is 0.288 e. The second-order valence-electron chi connectivity index (χ2n) is 2.23. The molecular formula is C8H15OS. The molecule has 0 fully saturated rings. The first-order valence-electron chi connectivity index (χ1n) is 3.72. The quantitative estimate of drug-likeness (QED) is 0.574. The average molecular weight is 159 g/mol. The van der Waals surface area contributed by atoms with E-state index < -0.39 is 0 Å². The van der Waals surface area contributed by atoms with Gasteiger partial charge in [0.1, 0.15) is 0 Å². The van der Waals surface area contributed by atoms with Crippen LogP contribution < -0.4 is 0 Å². The fourth-order valence-corrected chi connectivity index (χ4v) is 1.13. The monoisotopic (exact) mass is 159 g/mol. The van der Waals surface area contributed by atoms with Crippen molar-refractivity contribution in [1.82, 2.24) is 0 Å². The SMILES string of the molecule is CCCC[CH]CSC(C)=O. The van der Waals surface area contributed by atoms with Gasteiger partial charge in [-0.05, 0) is 12.8 Å². The standard InChI is InChI=1S/C8H15OS/c1-3-4-5-6-7-10-8(2)9/h6H,3-5,7H2,1-2H3. The predicted octanol–water partition coefficient (Wildman–Crippen LogP) is 2.66. The third-order valence-electron chi connectivity index (χ3n) is 1.17. The molecule has 0 unspecified atom stereocenters. The molecule has 0 saturated heterocycles. The lowest BCUT2D eigenvalue weighted by molar-refractivity contribution is -0.109. The molecule has 1 nitrogen and oxygen atoms in total. The topological polar surface area (TPSA) is 17.1 Å². The summed E-state index contributed by atoms with van der Waals surface area (Å²) < 4.78 is 0. The molecule has 0 aromatic heterocycles. The van der Waals surface area contributed by atoms with Gasteiger partial charge in [-0.25, -0.2) is 0 Å². The minimum Gasteiger partial charge on any atom is -0.288 e. The van der Waals surface area contributed by atoms with Crippen LogP contribution in [0.25, 0.3) is 0 Å². The lowest BCUT2D eigenvalue weighted by atomic mass is 10.2. The van der Waals surface area contributed by atoms with Crippen LogP contribution in [0.2, 0.25) is 0 Å². The van der Waals surface area contributed by atoms with E-state index >= 15 is 0 Å². The molecule has 2 heteroatoms. The smallest absolute Gasteiger partial charge is 0.185 e. The van der Waals surface area contributed by atoms with Crippen molar-refractivity contribution in [3.63, 3.8) is 0 Å². The Morgan fingerprint density at radius 3 is 2.80 bits per heavy atom. The Kier molecular flexibility index (Phi) is 7.15. The lowest BCUT2D eigenvalue weighted by Gasteiger charge is -1.95. The zero-order chi connectivity index (χ0) is 7.82. The van der Waals surface area contributed by atoms with Crippen molar-refractivity contribution in [2.75, 3.05) is 5.75 Å². The number of thioether (sulfide) groups is 1. The minimum absolute atomic E-state index is 0.216. The molecule has 0 aliphatic rings. The van der Waals surface area contributed by atoms with Gasteiger partial charge in [0.25, 0.3) is 0 Å². The normalized spacial score (nSPS) is 9.80. The van der Waals surface area contributed by atoms with Crippen LogP contribution >= 0.6 is 11.8 Å². The minimum atomic E-state index is 0.216. The molecule has 0 rings (SSSR count). The summed E-state index contributed by atoms with van der Waals surface area (Å²) in [6, 6.07) is 0. The van der Waals surface area contributed by atoms with E-state index in [-0.39, 0.29) is 5.12 Å². The molecule has 59 valence electrons. The summed E-state index contributed by atoms with van der Waals surface area (Å²) in [5.41, 5.74) is 0. The Labute approximate surface area is 67.6 Å². The maximum absolute atomic E-state index is 10.4.